The van der Waals surface area contributed by atoms with E-state index in [9.17, 15) is 9.59 Å². The standard InChI is InChI=1S/C12H16N2O4/c1-3-14(7-6-11(15)16)12(17)9-4-5-10(18-2)13-8-9/h4-5,8H,3,6-7H2,1-2H3,(H,15,16). The van der Waals surface area contributed by atoms with Crippen molar-refractivity contribution in [3.63, 3.8) is 0 Å². The lowest BCUT2D eigenvalue weighted by Crippen LogP contribution is -2.32. The van der Waals surface area contributed by atoms with Crippen molar-refractivity contribution in [2.75, 3.05) is 20.2 Å². The number of carbonyl (C=O) groups is 2. The highest BCUT2D eigenvalue weighted by Crippen LogP contribution is 2.09. The fraction of sp³-hybridized carbons (Fsp3) is 0.417. The highest BCUT2D eigenvalue weighted by molar-refractivity contribution is 5.94. The Morgan fingerprint density at radius 2 is 2.17 bits per heavy atom. The Bertz CT molecular complexity index is 417. The van der Waals surface area contributed by atoms with E-state index in [0.29, 0.717) is 18.0 Å². The number of aliphatic carboxylic acids is 1. The molecule has 0 radical (unpaired) electrons. The third-order valence-electron chi connectivity index (χ3n) is 2.46. The van der Waals surface area contributed by atoms with Crippen LogP contribution in [0, 0.1) is 0 Å². The number of hydrogen-bond donors (Lipinski definition) is 1. The molecular formula is C12H16N2O4. The zero-order valence-electron chi connectivity index (χ0n) is 10.4. The Hall–Kier alpha value is -2.11. The van der Waals surface area contributed by atoms with Crippen LogP contribution in [-0.2, 0) is 4.79 Å². The number of carbonyl (C=O) groups excluding carboxylic acids is 1. The van der Waals surface area contributed by atoms with Crippen LogP contribution in [0.5, 0.6) is 5.88 Å². The first-order valence-corrected chi connectivity index (χ1v) is 5.59. The Morgan fingerprint density at radius 1 is 1.44 bits per heavy atom. The van der Waals surface area contributed by atoms with E-state index in [4.69, 9.17) is 9.84 Å². The van der Waals surface area contributed by atoms with Gasteiger partial charge in [-0.25, -0.2) is 4.98 Å². The van der Waals surface area contributed by atoms with Crippen LogP contribution in [0.3, 0.4) is 0 Å². The van der Waals surface area contributed by atoms with Gasteiger partial charge in [-0.1, -0.05) is 0 Å². The van der Waals surface area contributed by atoms with Crippen molar-refractivity contribution >= 4 is 11.9 Å². The van der Waals surface area contributed by atoms with E-state index < -0.39 is 5.97 Å². The molecule has 1 rings (SSSR count). The van der Waals surface area contributed by atoms with Crippen LogP contribution >= 0.6 is 0 Å². The van der Waals surface area contributed by atoms with Gasteiger partial charge in [0.25, 0.3) is 5.91 Å². The molecule has 0 fully saturated rings. The van der Waals surface area contributed by atoms with E-state index in [2.05, 4.69) is 4.98 Å². The zero-order valence-corrected chi connectivity index (χ0v) is 10.4. The second-order valence-corrected chi connectivity index (χ2v) is 3.62. The molecule has 0 aliphatic carbocycles. The lowest BCUT2D eigenvalue weighted by molar-refractivity contribution is -0.137. The van der Waals surface area contributed by atoms with E-state index >= 15 is 0 Å². The van der Waals surface area contributed by atoms with Gasteiger partial charge in [0.2, 0.25) is 5.88 Å². The molecule has 1 amide bonds. The van der Waals surface area contributed by atoms with Crippen molar-refractivity contribution in [1.29, 1.82) is 0 Å². The van der Waals surface area contributed by atoms with Gasteiger partial charge in [-0.3, -0.25) is 9.59 Å². The summed E-state index contributed by atoms with van der Waals surface area (Å²) in [5, 5.41) is 8.61. The number of amides is 1. The average Bonchev–Trinajstić information content (AvgIpc) is 2.39. The van der Waals surface area contributed by atoms with Crippen LogP contribution in [0.15, 0.2) is 18.3 Å². The van der Waals surface area contributed by atoms with E-state index in [-0.39, 0.29) is 18.9 Å². The van der Waals surface area contributed by atoms with Crippen LogP contribution in [0.1, 0.15) is 23.7 Å². The molecule has 1 aromatic heterocycles. The number of carboxylic acid groups (broad SMARTS) is 1. The summed E-state index contributed by atoms with van der Waals surface area (Å²) < 4.78 is 4.90. The molecule has 0 spiro atoms. The predicted molar refractivity (Wildman–Crippen MR) is 64.6 cm³/mol. The molecule has 0 aromatic carbocycles. The molecule has 18 heavy (non-hydrogen) atoms. The van der Waals surface area contributed by atoms with Gasteiger partial charge in [0.1, 0.15) is 0 Å². The van der Waals surface area contributed by atoms with Gasteiger partial charge in [0.05, 0.1) is 19.1 Å². The highest BCUT2D eigenvalue weighted by atomic mass is 16.5. The Kier molecular flexibility index (Phi) is 5.10. The molecule has 98 valence electrons. The number of hydrogen-bond acceptors (Lipinski definition) is 4. The molecule has 1 aromatic rings. The molecule has 1 heterocycles. The number of rotatable bonds is 6. The van der Waals surface area contributed by atoms with Gasteiger partial charge in [0.15, 0.2) is 0 Å². The number of aromatic nitrogens is 1. The minimum absolute atomic E-state index is 0.0663. The first kappa shape index (κ1) is 14.0. The molecular weight excluding hydrogens is 236 g/mol. The van der Waals surface area contributed by atoms with Gasteiger partial charge >= 0.3 is 5.97 Å². The molecule has 0 unspecified atom stereocenters. The molecule has 1 N–H and O–H groups in total. The SMILES string of the molecule is CCN(CCC(=O)O)C(=O)c1ccc(OC)nc1. The van der Waals surface area contributed by atoms with Crippen LogP contribution in [-0.4, -0.2) is 47.1 Å². The van der Waals surface area contributed by atoms with Crippen LogP contribution in [0.4, 0.5) is 0 Å². The first-order valence-electron chi connectivity index (χ1n) is 5.59. The highest BCUT2D eigenvalue weighted by Gasteiger charge is 2.15. The minimum atomic E-state index is -0.922. The van der Waals surface area contributed by atoms with Crippen molar-refractivity contribution in [1.82, 2.24) is 9.88 Å². The van der Waals surface area contributed by atoms with Gasteiger partial charge < -0.3 is 14.7 Å². The second kappa shape index (κ2) is 6.58. The monoisotopic (exact) mass is 252 g/mol. The molecule has 0 saturated heterocycles. The van der Waals surface area contributed by atoms with Gasteiger partial charge in [-0.15, -0.1) is 0 Å². The van der Waals surface area contributed by atoms with Gasteiger partial charge in [-0.05, 0) is 13.0 Å². The molecule has 6 heteroatoms. The fourth-order valence-corrected chi connectivity index (χ4v) is 1.44. The van der Waals surface area contributed by atoms with Crippen molar-refractivity contribution in [2.24, 2.45) is 0 Å². The Balaban J connectivity index is 2.72. The molecule has 6 nitrogen and oxygen atoms in total. The number of methoxy groups -OCH3 is 1. The summed E-state index contributed by atoms with van der Waals surface area (Å²) in [6.07, 6.45) is 1.35. The largest absolute Gasteiger partial charge is 0.481 e. The fourth-order valence-electron chi connectivity index (χ4n) is 1.44. The molecule has 0 aliphatic rings. The van der Waals surface area contributed by atoms with Gasteiger partial charge in [-0.2, -0.15) is 0 Å². The van der Waals surface area contributed by atoms with E-state index in [1.807, 2.05) is 0 Å². The van der Waals surface area contributed by atoms with Crippen LogP contribution in [0.25, 0.3) is 0 Å². The first-order chi connectivity index (χ1) is 8.58. The van der Waals surface area contributed by atoms with Crippen molar-refractivity contribution in [3.05, 3.63) is 23.9 Å². The quantitative estimate of drug-likeness (QED) is 0.817. The normalized spacial score (nSPS) is 9.89. The summed E-state index contributed by atoms with van der Waals surface area (Å²) in [7, 11) is 1.50. The minimum Gasteiger partial charge on any atom is -0.481 e. The van der Waals surface area contributed by atoms with Crippen LogP contribution in [0.2, 0.25) is 0 Å². The van der Waals surface area contributed by atoms with Gasteiger partial charge in [0, 0.05) is 25.4 Å². The third kappa shape index (κ3) is 3.73. The maximum Gasteiger partial charge on any atom is 0.305 e. The number of carboxylic acids is 1. The number of pyridine rings is 1. The summed E-state index contributed by atoms with van der Waals surface area (Å²) >= 11 is 0. The smallest absolute Gasteiger partial charge is 0.305 e. The Labute approximate surface area is 105 Å². The molecule has 0 saturated carbocycles. The summed E-state index contributed by atoms with van der Waals surface area (Å²) in [4.78, 5) is 27.9. The van der Waals surface area contributed by atoms with Crippen LogP contribution < -0.4 is 4.74 Å². The summed E-state index contributed by atoms with van der Waals surface area (Å²) in [6, 6.07) is 3.20. The number of nitrogens with zero attached hydrogens (tertiary/aromatic N) is 2. The van der Waals surface area contributed by atoms with E-state index in [1.54, 1.807) is 19.1 Å². The van der Waals surface area contributed by atoms with E-state index in [0.717, 1.165) is 0 Å². The van der Waals surface area contributed by atoms with Crippen molar-refractivity contribution in [2.45, 2.75) is 13.3 Å². The second-order valence-electron chi connectivity index (χ2n) is 3.62. The average molecular weight is 252 g/mol. The molecule has 0 atom stereocenters. The Morgan fingerprint density at radius 3 is 2.61 bits per heavy atom. The lowest BCUT2D eigenvalue weighted by atomic mass is 10.2. The van der Waals surface area contributed by atoms with E-state index in [1.165, 1.54) is 18.2 Å². The lowest BCUT2D eigenvalue weighted by Gasteiger charge is -2.19. The van der Waals surface area contributed by atoms with Crippen molar-refractivity contribution in [3.8, 4) is 5.88 Å². The topological polar surface area (TPSA) is 79.7 Å². The summed E-state index contributed by atoms with van der Waals surface area (Å²) in [5.41, 5.74) is 0.419. The molecule has 0 bridgehead atoms. The summed E-state index contributed by atoms with van der Waals surface area (Å²) in [5.74, 6) is -0.719. The number of ether oxygens (including phenoxy) is 1. The maximum absolute atomic E-state index is 12.0. The zero-order chi connectivity index (χ0) is 13.5. The maximum atomic E-state index is 12.0. The predicted octanol–water partition coefficient (Wildman–Crippen LogP) is 1.03. The third-order valence-corrected chi connectivity index (χ3v) is 2.46. The summed E-state index contributed by atoms with van der Waals surface area (Å²) in [6.45, 7) is 2.45. The van der Waals surface area contributed by atoms with Crippen molar-refractivity contribution < 1.29 is 19.4 Å². The molecule has 0 aliphatic heterocycles.